The summed E-state index contributed by atoms with van der Waals surface area (Å²) in [5, 5.41) is 9.92. The van der Waals surface area contributed by atoms with Crippen molar-refractivity contribution in [3.05, 3.63) is 24.2 Å². The van der Waals surface area contributed by atoms with E-state index < -0.39 is 6.10 Å². The molecule has 0 radical (unpaired) electrons. The topological polar surface area (TPSA) is 45.8 Å². The van der Waals surface area contributed by atoms with Crippen molar-refractivity contribution in [3.8, 4) is 12.3 Å². The van der Waals surface area contributed by atoms with Crippen LogP contribution in [0.15, 0.2) is 22.8 Å². The Kier molecular flexibility index (Phi) is 7.27. The predicted molar refractivity (Wildman–Crippen MR) is 74.5 cm³/mol. The first-order valence-corrected chi connectivity index (χ1v) is 6.55. The van der Waals surface area contributed by atoms with Crippen molar-refractivity contribution < 1.29 is 14.3 Å². The molecule has 0 amide bonds. The third kappa shape index (κ3) is 7.02. The first-order chi connectivity index (χ1) is 9.11. The Morgan fingerprint density at radius 3 is 2.84 bits per heavy atom. The highest BCUT2D eigenvalue weighted by molar-refractivity contribution is 4.98. The molecule has 0 aliphatic rings. The molecule has 0 aliphatic heterocycles. The van der Waals surface area contributed by atoms with E-state index in [1.807, 2.05) is 12.1 Å². The van der Waals surface area contributed by atoms with E-state index in [4.69, 9.17) is 15.6 Å². The number of ether oxygens (including phenoxy) is 1. The number of nitrogens with zero attached hydrogens (tertiary/aromatic N) is 1. The average Bonchev–Trinajstić information content (AvgIpc) is 2.81. The number of furan rings is 1. The fourth-order valence-corrected chi connectivity index (χ4v) is 1.95. The number of aliphatic hydroxyl groups is 1. The third-order valence-electron chi connectivity index (χ3n) is 2.55. The van der Waals surface area contributed by atoms with Gasteiger partial charge in [-0.15, -0.1) is 6.42 Å². The number of terminal acetylenes is 1. The molecule has 19 heavy (non-hydrogen) atoms. The predicted octanol–water partition coefficient (Wildman–Crippen LogP) is 1.75. The van der Waals surface area contributed by atoms with E-state index in [9.17, 15) is 5.11 Å². The standard InChI is InChI=1S/C15H23NO3/c1-4-7-18-12-14(17)10-16(9-13(2)3)11-15-6-5-8-19-15/h1,5-6,8,13-14,17H,7,9-12H2,2-3H3. The van der Waals surface area contributed by atoms with Crippen molar-refractivity contribution >= 4 is 0 Å². The van der Waals surface area contributed by atoms with Gasteiger partial charge in [-0.25, -0.2) is 0 Å². The summed E-state index contributed by atoms with van der Waals surface area (Å²) in [6.45, 7) is 6.93. The van der Waals surface area contributed by atoms with E-state index in [1.54, 1.807) is 6.26 Å². The molecule has 1 unspecified atom stereocenters. The summed E-state index contributed by atoms with van der Waals surface area (Å²) < 4.78 is 10.5. The van der Waals surface area contributed by atoms with Crippen LogP contribution in [0.5, 0.6) is 0 Å². The maximum atomic E-state index is 9.92. The van der Waals surface area contributed by atoms with Crippen molar-refractivity contribution in [2.45, 2.75) is 26.5 Å². The fraction of sp³-hybridized carbons (Fsp3) is 0.600. The van der Waals surface area contributed by atoms with E-state index in [2.05, 4.69) is 24.7 Å². The summed E-state index contributed by atoms with van der Waals surface area (Å²) in [6, 6.07) is 3.81. The largest absolute Gasteiger partial charge is 0.468 e. The molecule has 1 N–H and O–H groups in total. The zero-order valence-corrected chi connectivity index (χ0v) is 11.7. The van der Waals surface area contributed by atoms with Gasteiger partial charge in [-0.05, 0) is 18.1 Å². The Balaban J connectivity index is 2.42. The normalized spacial score (nSPS) is 12.8. The van der Waals surface area contributed by atoms with Crippen LogP contribution in [0.2, 0.25) is 0 Å². The Morgan fingerprint density at radius 1 is 1.47 bits per heavy atom. The number of rotatable bonds is 9. The lowest BCUT2D eigenvalue weighted by atomic mass is 10.2. The zero-order valence-electron chi connectivity index (χ0n) is 11.7. The smallest absolute Gasteiger partial charge is 0.117 e. The Hall–Kier alpha value is -1.28. The van der Waals surface area contributed by atoms with Gasteiger partial charge in [0.25, 0.3) is 0 Å². The van der Waals surface area contributed by atoms with Crippen LogP contribution >= 0.6 is 0 Å². The second kappa shape index (κ2) is 8.76. The van der Waals surface area contributed by atoms with Gasteiger partial charge in [0.15, 0.2) is 0 Å². The van der Waals surface area contributed by atoms with Crippen LogP contribution in [0.1, 0.15) is 19.6 Å². The van der Waals surface area contributed by atoms with Crippen LogP contribution in [-0.2, 0) is 11.3 Å². The van der Waals surface area contributed by atoms with Crippen LogP contribution < -0.4 is 0 Å². The van der Waals surface area contributed by atoms with Crippen molar-refractivity contribution in [3.63, 3.8) is 0 Å². The Labute approximate surface area is 115 Å². The van der Waals surface area contributed by atoms with E-state index in [0.29, 0.717) is 19.0 Å². The summed E-state index contributed by atoms with van der Waals surface area (Å²) in [7, 11) is 0. The summed E-state index contributed by atoms with van der Waals surface area (Å²) in [5.41, 5.74) is 0. The molecule has 1 heterocycles. The van der Waals surface area contributed by atoms with Gasteiger partial charge in [-0.3, -0.25) is 4.90 Å². The quantitative estimate of drug-likeness (QED) is 0.546. The lowest BCUT2D eigenvalue weighted by Gasteiger charge is -2.25. The molecule has 1 aromatic rings. The monoisotopic (exact) mass is 265 g/mol. The molecule has 4 heteroatoms. The van der Waals surface area contributed by atoms with Gasteiger partial charge in [-0.2, -0.15) is 0 Å². The highest BCUT2D eigenvalue weighted by atomic mass is 16.5. The summed E-state index contributed by atoms with van der Waals surface area (Å²) >= 11 is 0. The van der Waals surface area contributed by atoms with Crippen LogP contribution in [0.4, 0.5) is 0 Å². The number of aliphatic hydroxyl groups excluding tert-OH is 1. The second-order valence-corrected chi connectivity index (χ2v) is 5.04. The first-order valence-electron chi connectivity index (χ1n) is 6.55. The molecule has 0 spiro atoms. The minimum Gasteiger partial charge on any atom is -0.468 e. The van der Waals surface area contributed by atoms with E-state index in [1.165, 1.54) is 0 Å². The maximum absolute atomic E-state index is 9.92. The van der Waals surface area contributed by atoms with Crippen molar-refractivity contribution in [2.75, 3.05) is 26.3 Å². The molecule has 0 fully saturated rings. The summed E-state index contributed by atoms with van der Waals surface area (Å²) in [6.07, 6.45) is 6.22. The van der Waals surface area contributed by atoms with Crippen LogP contribution in [-0.4, -0.2) is 42.4 Å². The molecule has 0 aliphatic carbocycles. The third-order valence-corrected chi connectivity index (χ3v) is 2.55. The molecule has 0 saturated carbocycles. The number of hydrogen-bond acceptors (Lipinski definition) is 4. The van der Waals surface area contributed by atoms with E-state index in [-0.39, 0.29) is 13.2 Å². The van der Waals surface area contributed by atoms with Crippen LogP contribution in [0.3, 0.4) is 0 Å². The van der Waals surface area contributed by atoms with Gasteiger partial charge in [0.2, 0.25) is 0 Å². The molecule has 4 nitrogen and oxygen atoms in total. The van der Waals surface area contributed by atoms with Crippen molar-refractivity contribution in [1.29, 1.82) is 0 Å². The highest BCUT2D eigenvalue weighted by Crippen LogP contribution is 2.09. The minimum atomic E-state index is -0.540. The van der Waals surface area contributed by atoms with Gasteiger partial charge in [0, 0.05) is 13.1 Å². The molecule has 0 aromatic carbocycles. The Morgan fingerprint density at radius 2 is 2.26 bits per heavy atom. The molecule has 0 bridgehead atoms. The number of hydrogen-bond donors (Lipinski definition) is 1. The van der Waals surface area contributed by atoms with Crippen LogP contribution in [0.25, 0.3) is 0 Å². The summed E-state index contributed by atoms with van der Waals surface area (Å²) in [5.74, 6) is 3.81. The van der Waals surface area contributed by atoms with E-state index in [0.717, 1.165) is 12.3 Å². The molecule has 1 aromatic heterocycles. The lowest BCUT2D eigenvalue weighted by Crippen LogP contribution is -2.36. The van der Waals surface area contributed by atoms with Crippen LogP contribution in [0, 0.1) is 18.3 Å². The van der Waals surface area contributed by atoms with Gasteiger partial charge >= 0.3 is 0 Å². The molecule has 1 rings (SSSR count). The van der Waals surface area contributed by atoms with Gasteiger partial charge in [-0.1, -0.05) is 19.8 Å². The average molecular weight is 265 g/mol. The lowest BCUT2D eigenvalue weighted by molar-refractivity contribution is 0.0224. The molecular weight excluding hydrogens is 242 g/mol. The summed E-state index contributed by atoms with van der Waals surface area (Å²) in [4.78, 5) is 2.16. The van der Waals surface area contributed by atoms with Crippen molar-refractivity contribution in [1.82, 2.24) is 4.90 Å². The SMILES string of the molecule is C#CCOCC(O)CN(Cc1ccco1)CC(C)C. The van der Waals surface area contributed by atoms with Crippen molar-refractivity contribution in [2.24, 2.45) is 5.92 Å². The molecule has 0 saturated heterocycles. The highest BCUT2D eigenvalue weighted by Gasteiger charge is 2.14. The van der Waals surface area contributed by atoms with Gasteiger partial charge in [0.05, 0.1) is 25.5 Å². The van der Waals surface area contributed by atoms with Gasteiger partial charge < -0.3 is 14.3 Å². The first kappa shape index (κ1) is 15.8. The maximum Gasteiger partial charge on any atom is 0.117 e. The fourth-order valence-electron chi connectivity index (χ4n) is 1.95. The molecule has 106 valence electrons. The molecular formula is C15H23NO3. The van der Waals surface area contributed by atoms with E-state index >= 15 is 0 Å². The minimum absolute atomic E-state index is 0.236. The Bertz CT molecular complexity index is 367. The van der Waals surface area contributed by atoms with Gasteiger partial charge in [0.1, 0.15) is 12.4 Å². The zero-order chi connectivity index (χ0) is 14.1. The molecule has 1 atom stereocenters. The second-order valence-electron chi connectivity index (χ2n) is 5.04.